The molecule has 5 heteroatoms. The van der Waals surface area contributed by atoms with Crippen molar-refractivity contribution >= 4 is 17.5 Å². The lowest BCUT2D eigenvalue weighted by atomic mass is 10.1. The van der Waals surface area contributed by atoms with E-state index in [0.717, 1.165) is 24.2 Å². The van der Waals surface area contributed by atoms with Crippen LogP contribution >= 0.6 is 0 Å². The molecule has 2 aromatic rings. The third-order valence-corrected chi connectivity index (χ3v) is 4.11. The predicted octanol–water partition coefficient (Wildman–Crippen LogP) is 3.35. The molecule has 0 spiro atoms. The lowest BCUT2D eigenvalue weighted by Crippen LogP contribution is -2.25. The van der Waals surface area contributed by atoms with Crippen LogP contribution in [0.1, 0.15) is 50.6 Å². The summed E-state index contributed by atoms with van der Waals surface area (Å²) in [5, 5.41) is 5.78. The van der Waals surface area contributed by atoms with E-state index in [1.807, 2.05) is 13.8 Å². The van der Waals surface area contributed by atoms with Gasteiger partial charge in [-0.05, 0) is 57.9 Å². The SMILES string of the molecule is Cc1oc(C)c(C(=O)Nc2ccc(C(=O)NC3CC3)cc2)c1C. The van der Waals surface area contributed by atoms with Gasteiger partial charge in [-0.15, -0.1) is 0 Å². The second kappa shape index (κ2) is 5.91. The molecule has 1 aromatic carbocycles. The van der Waals surface area contributed by atoms with Crippen molar-refractivity contribution in [2.45, 2.75) is 39.7 Å². The van der Waals surface area contributed by atoms with Gasteiger partial charge in [-0.1, -0.05) is 0 Å². The fourth-order valence-corrected chi connectivity index (χ4v) is 2.52. The molecule has 0 bridgehead atoms. The lowest BCUT2D eigenvalue weighted by molar-refractivity contribution is 0.0950. The second-order valence-electron chi connectivity index (χ2n) is 5.99. The summed E-state index contributed by atoms with van der Waals surface area (Å²) in [7, 11) is 0. The minimum atomic E-state index is -0.202. The Morgan fingerprint density at radius 2 is 1.65 bits per heavy atom. The summed E-state index contributed by atoms with van der Waals surface area (Å²) >= 11 is 0. The molecule has 1 saturated carbocycles. The Labute approximate surface area is 135 Å². The van der Waals surface area contributed by atoms with Crippen molar-refractivity contribution in [2.24, 2.45) is 0 Å². The van der Waals surface area contributed by atoms with Gasteiger partial charge in [0.2, 0.25) is 0 Å². The third-order valence-electron chi connectivity index (χ3n) is 4.11. The van der Waals surface area contributed by atoms with E-state index in [1.54, 1.807) is 31.2 Å². The normalized spacial score (nSPS) is 13.7. The summed E-state index contributed by atoms with van der Waals surface area (Å²) in [5.74, 6) is 1.09. The number of carbonyl (C=O) groups excluding carboxylic acids is 2. The monoisotopic (exact) mass is 312 g/mol. The zero-order chi connectivity index (χ0) is 16.6. The molecule has 0 radical (unpaired) electrons. The summed E-state index contributed by atoms with van der Waals surface area (Å²) < 4.78 is 5.48. The van der Waals surface area contributed by atoms with E-state index in [4.69, 9.17) is 4.42 Å². The Morgan fingerprint density at radius 1 is 1.00 bits per heavy atom. The summed E-state index contributed by atoms with van der Waals surface area (Å²) in [6.45, 7) is 5.48. The fraction of sp³-hybridized carbons (Fsp3) is 0.333. The first-order chi connectivity index (χ1) is 11.0. The molecule has 3 rings (SSSR count). The molecule has 1 aliphatic carbocycles. The van der Waals surface area contributed by atoms with Gasteiger partial charge in [-0.2, -0.15) is 0 Å². The summed E-state index contributed by atoms with van der Waals surface area (Å²) in [6.07, 6.45) is 2.12. The van der Waals surface area contributed by atoms with Crippen molar-refractivity contribution in [2.75, 3.05) is 5.32 Å². The number of rotatable bonds is 4. The maximum Gasteiger partial charge on any atom is 0.259 e. The van der Waals surface area contributed by atoms with Gasteiger partial charge >= 0.3 is 0 Å². The van der Waals surface area contributed by atoms with Crippen LogP contribution in [-0.2, 0) is 0 Å². The number of aryl methyl sites for hydroxylation is 2. The van der Waals surface area contributed by atoms with E-state index < -0.39 is 0 Å². The van der Waals surface area contributed by atoms with Crippen molar-refractivity contribution in [3.05, 3.63) is 52.5 Å². The molecule has 1 aromatic heterocycles. The van der Waals surface area contributed by atoms with Crippen molar-refractivity contribution in [3.8, 4) is 0 Å². The summed E-state index contributed by atoms with van der Waals surface area (Å²) in [5.41, 5.74) is 2.66. The Kier molecular flexibility index (Phi) is 3.94. The second-order valence-corrected chi connectivity index (χ2v) is 5.99. The standard InChI is InChI=1S/C18H20N2O3/c1-10-11(2)23-12(3)16(10)18(22)20-14-6-4-13(5-7-14)17(21)19-15-8-9-15/h4-7,15H,8-9H2,1-3H3,(H,19,21)(H,20,22). The van der Waals surface area contributed by atoms with Crippen molar-refractivity contribution in [3.63, 3.8) is 0 Å². The highest BCUT2D eigenvalue weighted by Crippen LogP contribution is 2.22. The molecule has 1 fully saturated rings. The first-order valence-corrected chi connectivity index (χ1v) is 7.74. The minimum Gasteiger partial charge on any atom is -0.466 e. The number of amides is 2. The van der Waals surface area contributed by atoms with Crippen LogP contribution in [0, 0.1) is 20.8 Å². The highest BCUT2D eigenvalue weighted by molar-refractivity contribution is 6.06. The molecule has 2 N–H and O–H groups in total. The Hall–Kier alpha value is -2.56. The molecular weight excluding hydrogens is 292 g/mol. The summed E-state index contributed by atoms with van der Waals surface area (Å²) in [4.78, 5) is 24.3. The topological polar surface area (TPSA) is 71.3 Å². The van der Waals surface area contributed by atoms with Crippen molar-refractivity contribution < 1.29 is 14.0 Å². The average Bonchev–Trinajstić information content (AvgIpc) is 3.27. The van der Waals surface area contributed by atoms with Gasteiger partial charge in [-0.25, -0.2) is 0 Å². The molecule has 0 atom stereocenters. The lowest BCUT2D eigenvalue weighted by Gasteiger charge is -2.07. The van der Waals surface area contributed by atoms with Gasteiger partial charge < -0.3 is 15.1 Å². The average molecular weight is 312 g/mol. The smallest absolute Gasteiger partial charge is 0.259 e. The molecule has 5 nitrogen and oxygen atoms in total. The molecule has 0 saturated heterocycles. The number of hydrogen-bond donors (Lipinski definition) is 2. The van der Waals surface area contributed by atoms with Gasteiger partial charge in [0.05, 0.1) is 5.56 Å². The molecule has 1 heterocycles. The van der Waals surface area contributed by atoms with Crippen LogP contribution in [0.2, 0.25) is 0 Å². The Morgan fingerprint density at radius 3 is 2.17 bits per heavy atom. The van der Waals surface area contributed by atoms with E-state index in [1.165, 1.54) is 0 Å². The fourth-order valence-electron chi connectivity index (χ4n) is 2.52. The maximum atomic E-state index is 12.4. The van der Waals surface area contributed by atoms with Gasteiger partial charge in [0.25, 0.3) is 11.8 Å². The number of nitrogens with one attached hydrogen (secondary N) is 2. The van der Waals surface area contributed by atoms with Crippen LogP contribution in [0.25, 0.3) is 0 Å². The molecular formula is C18H20N2O3. The van der Waals surface area contributed by atoms with E-state index in [-0.39, 0.29) is 11.8 Å². The quantitative estimate of drug-likeness (QED) is 0.909. The van der Waals surface area contributed by atoms with Gasteiger partial charge in [-0.3, -0.25) is 9.59 Å². The Balaban J connectivity index is 1.70. The van der Waals surface area contributed by atoms with Crippen molar-refractivity contribution in [1.29, 1.82) is 0 Å². The maximum absolute atomic E-state index is 12.4. The van der Waals surface area contributed by atoms with Gasteiger partial charge in [0.1, 0.15) is 11.5 Å². The number of carbonyl (C=O) groups is 2. The van der Waals surface area contributed by atoms with Crippen LogP contribution in [0.4, 0.5) is 5.69 Å². The van der Waals surface area contributed by atoms with E-state index in [0.29, 0.717) is 28.6 Å². The van der Waals surface area contributed by atoms with Crippen LogP contribution in [0.5, 0.6) is 0 Å². The molecule has 120 valence electrons. The summed E-state index contributed by atoms with van der Waals surface area (Å²) in [6, 6.07) is 7.23. The molecule has 0 unspecified atom stereocenters. The number of furan rings is 1. The van der Waals surface area contributed by atoms with E-state index >= 15 is 0 Å². The van der Waals surface area contributed by atoms with Crippen LogP contribution in [0.15, 0.2) is 28.7 Å². The van der Waals surface area contributed by atoms with E-state index in [2.05, 4.69) is 10.6 Å². The van der Waals surface area contributed by atoms with Gasteiger partial charge in [0.15, 0.2) is 0 Å². The highest BCUT2D eigenvalue weighted by atomic mass is 16.3. The molecule has 0 aliphatic heterocycles. The van der Waals surface area contributed by atoms with Gasteiger partial charge in [0, 0.05) is 22.9 Å². The molecule has 1 aliphatic rings. The third kappa shape index (κ3) is 3.28. The Bertz CT molecular complexity index is 755. The number of benzene rings is 1. The van der Waals surface area contributed by atoms with Crippen LogP contribution < -0.4 is 10.6 Å². The minimum absolute atomic E-state index is 0.0671. The van der Waals surface area contributed by atoms with Crippen LogP contribution in [-0.4, -0.2) is 17.9 Å². The number of hydrogen-bond acceptors (Lipinski definition) is 3. The van der Waals surface area contributed by atoms with E-state index in [9.17, 15) is 9.59 Å². The molecule has 23 heavy (non-hydrogen) atoms. The zero-order valence-electron chi connectivity index (χ0n) is 13.5. The number of anilines is 1. The van der Waals surface area contributed by atoms with Crippen molar-refractivity contribution in [1.82, 2.24) is 5.32 Å². The molecule has 2 amide bonds. The first kappa shape index (κ1) is 15.3. The largest absolute Gasteiger partial charge is 0.466 e. The first-order valence-electron chi connectivity index (χ1n) is 7.74. The zero-order valence-corrected chi connectivity index (χ0v) is 13.5. The predicted molar refractivity (Wildman–Crippen MR) is 87.8 cm³/mol. The van der Waals surface area contributed by atoms with Crippen LogP contribution in [0.3, 0.4) is 0 Å². The highest BCUT2D eigenvalue weighted by Gasteiger charge is 2.23.